The molecule has 3 N–H and O–H groups in total. The molecule has 20 heavy (non-hydrogen) atoms. The van der Waals surface area contributed by atoms with Gasteiger partial charge in [0.2, 0.25) is 5.91 Å². The molecule has 3 nitrogen and oxygen atoms in total. The first-order chi connectivity index (χ1) is 9.31. The van der Waals surface area contributed by atoms with Crippen LogP contribution in [-0.4, -0.2) is 18.5 Å². The Balaban J connectivity index is 0.00000200. The maximum atomic E-state index is 12.4. The van der Waals surface area contributed by atoms with Gasteiger partial charge in [-0.05, 0) is 38.1 Å². The predicted octanol–water partition coefficient (Wildman–Crippen LogP) is 3.40. The molecule has 0 heterocycles. The SMILES string of the molecule is Cl.NCC1CCCCC1NC(=O)C1CCCCCCC1. The highest BCUT2D eigenvalue weighted by Gasteiger charge is 2.28. The highest BCUT2D eigenvalue weighted by atomic mass is 35.5. The van der Waals surface area contributed by atoms with E-state index in [1.54, 1.807) is 0 Å². The molecule has 2 rings (SSSR count). The van der Waals surface area contributed by atoms with E-state index in [1.807, 2.05) is 0 Å². The van der Waals surface area contributed by atoms with Gasteiger partial charge in [0.05, 0.1) is 0 Å². The minimum atomic E-state index is 0. The van der Waals surface area contributed by atoms with Crippen LogP contribution in [0.1, 0.15) is 70.6 Å². The second kappa shape index (κ2) is 9.62. The smallest absolute Gasteiger partial charge is 0.223 e. The van der Waals surface area contributed by atoms with Gasteiger partial charge in [0.25, 0.3) is 0 Å². The summed E-state index contributed by atoms with van der Waals surface area (Å²) in [6.07, 6.45) is 13.4. The van der Waals surface area contributed by atoms with Crippen LogP contribution in [0.3, 0.4) is 0 Å². The zero-order valence-corrected chi connectivity index (χ0v) is 13.4. The van der Waals surface area contributed by atoms with E-state index in [1.165, 1.54) is 51.4 Å². The zero-order valence-electron chi connectivity index (χ0n) is 12.6. The highest BCUT2D eigenvalue weighted by Crippen LogP contribution is 2.26. The van der Waals surface area contributed by atoms with Crippen LogP contribution in [0.5, 0.6) is 0 Å². The van der Waals surface area contributed by atoms with Crippen LogP contribution in [0.25, 0.3) is 0 Å². The Morgan fingerprint density at radius 2 is 1.45 bits per heavy atom. The summed E-state index contributed by atoms with van der Waals surface area (Å²) in [4.78, 5) is 12.4. The molecule has 2 atom stereocenters. The summed E-state index contributed by atoms with van der Waals surface area (Å²) in [5, 5.41) is 3.32. The van der Waals surface area contributed by atoms with Crippen LogP contribution in [0.2, 0.25) is 0 Å². The molecule has 2 aliphatic rings. The lowest BCUT2D eigenvalue weighted by molar-refractivity contribution is -0.127. The van der Waals surface area contributed by atoms with Crippen molar-refractivity contribution in [3.63, 3.8) is 0 Å². The number of hydrogen-bond acceptors (Lipinski definition) is 2. The summed E-state index contributed by atoms with van der Waals surface area (Å²) in [6.45, 7) is 0.718. The van der Waals surface area contributed by atoms with Gasteiger partial charge in [0.1, 0.15) is 0 Å². The molecule has 2 saturated carbocycles. The third kappa shape index (κ3) is 5.25. The molecule has 0 aromatic rings. The molecule has 118 valence electrons. The van der Waals surface area contributed by atoms with Crippen LogP contribution in [-0.2, 0) is 4.79 Å². The highest BCUT2D eigenvalue weighted by molar-refractivity contribution is 5.85. The van der Waals surface area contributed by atoms with Crippen molar-refractivity contribution in [2.24, 2.45) is 17.6 Å². The molecule has 0 aliphatic heterocycles. The number of carbonyl (C=O) groups excluding carboxylic acids is 1. The van der Waals surface area contributed by atoms with Crippen LogP contribution < -0.4 is 11.1 Å². The standard InChI is InChI=1S/C16H30N2O.ClH/c17-12-14-10-6-7-11-15(14)18-16(19)13-8-4-2-1-3-5-9-13;/h13-15H,1-12,17H2,(H,18,19);1H. The number of hydrogen-bond donors (Lipinski definition) is 2. The van der Waals surface area contributed by atoms with Crippen molar-refractivity contribution in [3.8, 4) is 0 Å². The zero-order chi connectivity index (χ0) is 13.5. The van der Waals surface area contributed by atoms with E-state index in [9.17, 15) is 4.79 Å². The summed E-state index contributed by atoms with van der Waals surface area (Å²) in [6, 6.07) is 0.344. The minimum absolute atomic E-state index is 0. The van der Waals surface area contributed by atoms with Gasteiger partial charge in [-0.3, -0.25) is 4.79 Å². The molecular formula is C16H31ClN2O. The maximum absolute atomic E-state index is 12.4. The summed E-state index contributed by atoms with van der Waals surface area (Å²) in [5.41, 5.74) is 5.84. The third-order valence-electron chi connectivity index (χ3n) is 5.02. The van der Waals surface area contributed by atoms with Crippen molar-refractivity contribution >= 4 is 18.3 Å². The molecule has 2 fully saturated rings. The van der Waals surface area contributed by atoms with Crippen molar-refractivity contribution in [2.75, 3.05) is 6.54 Å². The van der Waals surface area contributed by atoms with Crippen LogP contribution in [0, 0.1) is 11.8 Å². The van der Waals surface area contributed by atoms with Crippen molar-refractivity contribution < 1.29 is 4.79 Å². The van der Waals surface area contributed by atoms with E-state index >= 15 is 0 Å². The largest absolute Gasteiger partial charge is 0.353 e. The van der Waals surface area contributed by atoms with Gasteiger partial charge in [-0.15, -0.1) is 12.4 Å². The van der Waals surface area contributed by atoms with Crippen LogP contribution >= 0.6 is 12.4 Å². The lowest BCUT2D eigenvalue weighted by atomic mass is 9.83. The van der Waals surface area contributed by atoms with Gasteiger partial charge in [-0.25, -0.2) is 0 Å². The maximum Gasteiger partial charge on any atom is 0.223 e. The average molecular weight is 303 g/mol. The third-order valence-corrected chi connectivity index (χ3v) is 5.02. The van der Waals surface area contributed by atoms with Crippen molar-refractivity contribution in [2.45, 2.75) is 76.7 Å². The summed E-state index contributed by atoms with van der Waals surface area (Å²) < 4.78 is 0. The van der Waals surface area contributed by atoms with Gasteiger partial charge in [0.15, 0.2) is 0 Å². The van der Waals surface area contributed by atoms with Crippen molar-refractivity contribution in [1.82, 2.24) is 5.32 Å². The van der Waals surface area contributed by atoms with Crippen LogP contribution in [0.15, 0.2) is 0 Å². The van der Waals surface area contributed by atoms with Crippen molar-refractivity contribution in [3.05, 3.63) is 0 Å². The van der Waals surface area contributed by atoms with Crippen LogP contribution in [0.4, 0.5) is 0 Å². The van der Waals surface area contributed by atoms with Gasteiger partial charge < -0.3 is 11.1 Å². The van der Waals surface area contributed by atoms with E-state index in [0.717, 1.165) is 25.8 Å². The summed E-state index contributed by atoms with van der Waals surface area (Å²) in [7, 11) is 0. The fraction of sp³-hybridized carbons (Fsp3) is 0.938. The van der Waals surface area contributed by atoms with Gasteiger partial charge in [-0.1, -0.05) is 44.9 Å². The molecule has 0 radical (unpaired) electrons. The van der Waals surface area contributed by atoms with E-state index in [2.05, 4.69) is 5.32 Å². The fourth-order valence-electron chi connectivity index (χ4n) is 3.70. The first kappa shape index (κ1) is 17.8. The quantitative estimate of drug-likeness (QED) is 0.839. The number of amides is 1. The molecule has 0 aromatic carbocycles. The Morgan fingerprint density at radius 3 is 2.10 bits per heavy atom. The van der Waals surface area contributed by atoms with Gasteiger partial charge >= 0.3 is 0 Å². The average Bonchev–Trinajstić information content (AvgIpc) is 2.38. The second-order valence-electron chi connectivity index (χ2n) is 6.44. The monoisotopic (exact) mass is 302 g/mol. The van der Waals surface area contributed by atoms with E-state index < -0.39 is 0 Å². The number of rotatable bonds is 3. The number of carbonyl (C=O) groups is 1. The van der Waals surface area contributed by atoms with E-state index in [4.69, 9.17) is 5.73 Å². The Kier molecular flexibility index (Phi) is 8.55. The first-order valence-electron chi connectivity index (χ1n) is 8.31. The minimum Gasteiger partial charge on any atom is -0.353 e. The molecule has 0 bridgehead atoms. The predicted molar refractivity (Wildman–Crippen MR) is 86.0 cm³/mol. The lowest BCUT2D eigenvalue weighted by Gasteiger charge is -2.32. The molecule has 0 spiro atoms. The molecule has 0 saturated heterocycles. The number of halogens is 1. The Labute approximate surface area is 129 Å². The second-order valence-corrected chi connectivity index (χ2v) is 6.44. The van der Waals surface area contributed by atoms with E-state index in [0.29, 0.717) is 17.9 Å². The van der Waals surface area contributed by atoms with Crippen molar-refractivity contribution in [1.29, 1.82) is 0 Å². The normalized spacial score (nSPS) is 28.9. The number of nitrogens with two attached hydrogens (primary N) is 1. The molecule has 4 heteroatoms. The van der Waals surface area contributed by atoms with E-state index in [-0.39, 0.29) is 18.3 Å². The summed E-state index contributed by atoms with van der Waals surface area (Å²) in [5.74, 6) is 1.08. The Morgan fingerprint density at radius 1 is 0.900 bits per heavy atom. The molecule has 2 aliphatic carbocycles. The Hall–Kier alpha value is -0.280. The molecule has 2 unspecified atom stereocenters. The Bertz CT molecular complexity index is 278. The molecule has 1 amide bonds. The van der Waals surface area contributed by atoms with Gasteiger partial charge in [0, 0.05) is 12.0 Å². The fourth-order valence-corrected chi connectivity index (χ4v) is 3.70. The molecule has 0 aromatic heterocycles. The summed E-state index contributed by atoms with van der Waals surface area (Å²) >= 11 is 0. The lowest BCUT2D eigenvalue weighted by Crippen LogP contribution is -2.46. The number of nitrogens with one attached hydrogen (secondary N) is 1. The topological polar surface area (TPSA) is 55.1 Å². The van der Waals surface area contributed by atoms with Gasteiger partial charge in [-0.2, -0.15) is 0 Å². The molecular weight excluding hydrogens is 272 g/mol. The first-order valence-corrected chi connectivity index (χ1v) is 8.31.